The van der Waals surface area contributed by atoms with Gasteiger partial charge in [0.2, 0.25) is 17.5 Å². The highest BCUT2D eigenvalue weighted by Crippen LogP contribution is 2.39. The number of carbonyl (C=O) groups excluding carboxylic acids is 1. The first-order chi connectivity index (χ1) is 21.1. The average Bonchev–Trinajstić information content (AvgIpc) is 2.98. The van der Waals surface area contributed by atoms with E-state index in [0.29, 0.717) is 24.8 Å². The summed E-state index contributed by atoms with van der Waals surface area (Å²) in [4.78, 5) is 26.3. The molecule has 2 aromatic carbocycles. The molecule has 1 aromatic heterocycles. The van der Waals surface area contributed by atoms with Crippen molar-refractivity contribution in [3.63, 3.8) is 0 Å². The Morgan fingerprint density at radius 1 is 0.978 bits per heavy atom. The Bertz CT molecular complexity index is 1690. The second-order valence-corrected chi connectivity index (χ2v) is 11.7. The zero-order chi connectivity index (χ0) is 32.8. The maximum absolute atomic E-state index is 13.6. The normalized spacial score (nSPS) is 25.5. The molecule has 5 rings (SSSR count). The number of hydrogen-bond donors (Lipinski definition) is 8. The van der Waals surface area contributed by atoms with Gasteiger partial charge in [-0.1, -0.05) is 6.08 Å². The minimum Gasteiger partial charge on any atom is -0.508 e. The second kappa shape index (κ2) is 12.2. The largest absolute Gasteiger partial charge is 0.508 e. The molecule has 6 atom stereocenters. The number of phenols is 4. The molecule has 0 spiro atoms. The van der Waals surface area contributed by atoms with Gasteiger partial charge in [0.05, 0.1) is 5.60 Å². The molecule has 2 heterocycles. The van der Waals surface area contributed by atoms with Gasteiger partial charge in [0, 0.05) is 23.3 Å². The summed E-state index contributed by atoms with van der Waals surface area (Å²) in [5, 5.41) is 81.8. The minimum atomic E-state index is -1.93. The number of allylic oxidation sites excluding steroid dienone is 1. The standard InChI is InChI=1S/C31H34O14/c1-31(2,41)15-6-3-13(4-7-15)29(40)42-12-21-23(36)25(38)26(39)30(44-21)45-28-24(37)22-19(35)10-16(32)11-20(22)43-27(28)14-5-8-17(33)18(34)9-14/h3,5,8-11,15,21,23,25-26,30,32-36,38-39,41H,4,6-7,12H2,1-2H3. The quantitative estimate of drug-likeness (QED) is 0.136. The highest BCUT2D eigenvalue weighted by molar-refractivity contribution is 5.89. The van der Waals surface area contributed by atoms with E-state index in [2.05, 4.69) is 0 Å². The second-order valence-electron chi connectivity index (χ2n) is 11.7. The van der Waals surface area contributed by atoms with E-state index in [1.807, 2.05) is 0 Å². The third-order valence-electron chi connectivity index (χ3n) is 8.11. The number of aromatic hydroxyl groups is 4. The summed E-state index contributed by atoms with van der Waals surface area (Å²) in [7, 11) is 0. The van der Waals surface area contributed by atoms with Crippen LogP contribution in [0.1, 0.15) is 33.1 Å². The van der Waals surface area contributed by atoms with Crippen molar-refractivity contribution in [3.05, 3.63) is 52.2 Å². The first-order valence-electron chi connectivity index (χ1n) is 14.2. The number of ether oxygens (including phenoxy) is 3. The Balaban J connectivity index is 1.42. The fourth-order valence-corrected chi connectivity index (χ4v) is 5.41. The van der Waals surface area contributed by atoms with Gasteiger partial charge in [0.15, 0.2) is 17.3 Å². The molecule has 3 aromatic rings. The summed E-state index contributed by atoms with van der Waals surface area (Å²) in [6.07, 6.45) is -5.78. The number of hydrogen-bond acceptors (Lipinski definition) is 14. The van der Waals surface area contributed by atoms with Crippen LogP contribution >= 0.6 is 0 Å². The van der Waals surface area contributed by atoms with Gasteiger partial charge in [0.1, 0.15) is 53.5 Å². The zero-order valence-corrected chi connectivity index (χ0v) is 24.3. The maximum Gasteiger partial charge on any atom is 0.333 e. The van der Waals surface area contributed by atoms with Gasteiger partial charge in [-0.3, -0.25) is 4.79 Å². The number of aliphatic hydroxyl groups excluding tert-OH is 3. The fraction of sp³-hybridized carbons (Fsp3) is 0.419. The summed E-state index contributed by atoms with van der Waals surface area (Å²) >= 11 is 0. The van der Waals surface area contributed by atoms with Crippen molar-refractivity contribution in [3.8, 4) is 40.1 Å². The van der Waals surface area contributed by atoms with Gasteiger partial charge < -0.3 is 59.5 Å². The molecule has 1 saturated heterocycles. The molecular weight excluding hydrogens is 596 g/mol. The summed E-state index contributed by atoms with van der Waals surface area (Å²) in [5.41, 5.74) is -1.82. The van der Waals surface area contributed by atoms with E-state index in [4.69, 9.17) is 18.6 Å². The average molecular weight is 631 g/mol. The molecule has 14 heteroatoms. The summed E-state index contributed by atoms with van der Waals surface area (Å²) in [6, 6.07) is 5.34. The highest BCUT2D eigenvalue weighted by Gasteiger charge is 2.46. The molecule has 1 aliphatic carbocycles. The van der Waals surface area contributed by atoms with Crippen LogP contribution in [-0.2, 0) is 14.3 Å². The number of phenolic OH excluding ortho intramolecular Hbond substituents is 4. The fourth-order valence-electron chi connectivity index (χ4n) is 5.41. The van der Waals surface area contributed by atoms with Crippen LogP contribution < -0.4 is 10.2 Å². The Morgan fingerprint density at radius 2 is 1.71 bits per heavy atom. The van der Waals surface area contributed by atoms with E-state index in [1.165, 1.54) is 6.07 Å². The van der Waals surface area contributed by atoms with Gasteiger partial charge in [-0.2, -0.15) is 0 Å². The smallest absolute Gasteiger partial charge is 0.333 e. The third kappa shape index (κ3) is 6.41. The first kappa shape index (κ1) is 32.1. The predicted molar refractivity (Wildman–Crippen MR) is 155 cm³/mol. The molecule has 14 nitrogen and oxygen atoms in total. The van der Waals surface area contributed by atoms with E-state index < -0.39 is 88.4 Å². The monoisotopic (exact) mass is 630 g/mol. The molecule has 0 saturated carbocycles. The highest BCUT2D eigenvalue weighted by atomic mass is 16.7. The van der Waals surface area contributed by atoms with Gasteiger partial charge in [0.25, 0.3) is 0 Å². The van der Waals surface area contributed by atoms with Crippen LogP contribution in [-0.4, -0.2) is 89.7 Å². The van der Waals surface area contributed by atoms with Gasteiger partial charge in [-0.15, -0.1) is 0 Å². The van der Waals surface area contributed by atoms with E-state index in [9.17, 15) is 50.4 Å². The topological polar surface area (TPSA) is 237 Å². The summed E-state index contributed by atoms with van der Waals surface area (Å²) in [5.74, 6) is -3.94. The predicted octanol–water partition coefficient (Wildman–Crippen LogP) is 1.51. The van der Waals surface area contributed by atoms with Gasteiger partial charge >= 0.3 is 5.97 Å². The molecule has 0 amide bonds. The van der Waals surface area contributed by atoms with Gasteiger partial charge in [-0.25, -0.2) is 4.79 Å². The van der Waals surface area contributed by atoms with Crippen LogP contribution in [0, 0.1) is 5.92 Å². The van der Waals surface area contributed by atoms with E-state index in [1.54, 1.807) is 19.9 Å². The van der Waals surface area contributed by atoms with E-state index in [0.717, 1.165) is 24.3 Å². The van der Waals surface area contributed by atoms with Crippen LogP contribution in [0.2, 0.25) is 0 Å². The van der Waals surface area contributed by atoms with Crippen LogP contribution in [0.3, 0.4) is 0 Å². The van der Waals surface area contributed by atoms with Crippen LogP contribution in [0.4, 0.5) is 0 Å². The van der Waals surface area contributed by atoms with Crippen LogP contribution in [0.15, 0.2) is 51.2 Å². The molecule has 8 N–H and O–H groups in total. The maximum atomic E-state index is 13.6. The van der Waals surface area contributed by atoms with Crippen LogP contribution in [0.25, 0.3) is 22.3 Å². The number of benzene rings is 2. The Labute approximate surface area is 255 Å². The third-order valence-corrected chi connectivity index (χ3v) is 8.11. The number of rotatable bonds is 7. The molecule has 1 fully saturated rings. The molecule has 0 radical (unpaired) electrons. The lowest BCUT2D eigenvalue weighted by Gasteiger charge is -2.40. The summed E-state index contributed by atoms with van der Waals surface area (Å²) in [6.45, 7) is 2.82. The Kier molecular flexibility index (Phi) is 8.70. The van der Waals surface area contributed by atoms with E-state index in [-0.39, 0.29) is 22.8 Å². The summed E-state index contributed by atoms with van der Waals surface area (Å²) < 4.78 is 22.5. The van der Waals surface area contributed by atoms with Gasteiger partial charge in [-0.05, 0) is 57.2 Å². The van der Waals surface area contributed by atoms with Crippen molar-refractivity contribution < 1.29 is 64.3 Å². The Hall–Kier alpha value is -4.34. The molecule has 1 aliphatic heterocycles. The molecular formula is C31H34O14. The number of fused-ring (bicyclic) bond motifs is 1. The van der Waals surface area contributed by atoms with Crippen molar-refractivity contribution in [2.75, 3.05) is 6.61 Å². The van der Waals surface area contributed by atoms with E-state index >= 15 is 0 Å². The minimum absolute atomic E-state index is 0.00826. The molecule has 6 unspecified atom stereocenters. The lowest BCUT2D eigenvalue weighted by atomic mass is 9.79. The Morgan fingerprint density at radius 3 is 2.36 bits per heavy atom. The SMILES string of the molecule is CC(C)(O)C1CC=C(C(=O)OCC2OC(Oc3c(-c4ccc(O)c(O)c4)oc4cc(O)cc(O)c4c3=O)C(O)C(O)C2O)CC1. The molecule has 0 bridgehead atoms. The van der Waals surface area contributed by atoms with Crippen molar-refractivity contribution in [1.29, 1.82) is 0 Å². The van der Waals surface area contributed by atoms with Crippen molar-refractivity contribution in [2.24, 2.45) is 5.92 Å². The molecule has 45 heavy (non-hydrogen) atoms. The van der Waals surface area contributed by atoms with Crippen molar-refractivity contribution >= 4 is 16.9 Å². The van der Waals surface area contributed by atoms with Crippen molar-refractivity contribution in [1.82, 2.24) is 0 Å². The molecule has 242 valence electrons. The number of esters is 1. The lowest BCUT2D eigenvalue weighted by molar-refractivity contribution is -0.278. The first-order valence-corrected chi connectivity index (χ1v) is 14.2. The lowest BCUT2D eigenvalue weighted by Crippen LogP contribution is -2.60. The van der Waals surface area contributed by atoms with Crippen LogP contribution in [0.5, 0.6) is 28.7 Å². The number of aliphatic hydroxyl groups is 4. The zero-order valence-electron chi connectivity index (χ0n) is 24.3. The molecule has 2 aliphatic rings. The number of carbonyl (C=O) groups is 1. The van der Waals surface area contributed by atoms with Crippen molar-refractivity contribution in [2.45, 2.75) is 69.4 Å².